The Morgan fingerprint density at radius 1 is 1.33 bits per heavy atom. The number of carboxylic acid groups (broad SMARTS) is 1. The van der Waals surface area contributed by atoms with Crippen LogP contribution in [0.1, 0.15) is 44.9 Å². The smallest absolute Gasteiger partial charge is 0.303 e. The van der Waals surface area contributed by atoms with Crippen molar-refractivity contribution in [3.8, 4) is 0 Å². The molecule has 0 bridgehead atoms. The van der Waals surface area contributed by atoms with Crippen molar-refractivity contribution in [1.82, 2.24) is 0 Å². The van der Waals surface area contributed by atoms with Crippen LogP contribution in [0.2, 0.25) is 0 Å². The molecule has 0 aromatic rings. The maximum atomic E-state index is 10.4. The summed E-state index contributed by atoms with van der Waals surface area (Å²) < 4.78 is 0. The molecule has 1 fully saturated rings. The van der Waals surface area contributed by atoms with Crippen LogP contribution in [-0.4, -0.2) is 23.3 Å². The highest BCUT2D eigenvalue weighted by Gasteiger charge is 2.21. The fourth-order valence-corrected chi connectivity index (χ4v) is 2.41. The molecule has 0 spiro atoms. The van der Waals surface area contributed by atoms with Gasteiger partial charge in [-0.1, -0.05) is 0 Å². The molecule has 0 aromatic carbocycles. The highest BCUT2D eigenvalue weighted by molar-refractivity contribution is 6.03. The number of fused-ring (bicyclic) bond motifs is 1. The standard InChI is InChI=1S/C12H17NO2/c14-12(15)7-3-4-9-8-13-11-6-2-1-5-10(9)11/h1-8H2,(H,14,15). The van der Waals surface area contributed by atoms with Gasteiger partial charge in [0.1, 0.15) is 0 Å². The third-order valence-corrected chi connectivity index (χ3v) is 3.20. The van der Waals surface area contributed by atoms with Crippen LogP contribution < -0.4 is 0 Å². The van der Waals surface area contributed by atoms with E-state index in [4.69, 9.17) is 5.11 Å². The van der Waals surface area contributed by atoms with Gasteiger partial charge >= 0.3 is 5.97 Å². The van der Waals surface area contributed by atoms with Crippen molar-refractivity contribution < 1.29 is 9.90 Å². The Balaban J connectivity index is 1.90. The van der Waals surface area contributed by atoms with Crippen molar-refractivity contribution >= 4 is 11.7 Å². The van der Waals surface area contributed by atoms with Crippen LogP contribution >= 0.6 is 0 Å². The summed E-state index contributed by atoms with van der Waals surface area (Å²) in [4.78, 5) is 14.9. The van der Waals surface area contributed by atoms with Crippen LogP contribution in [0.25, 0.3) is 0 Å². The molecular formula is C12H17NO2. The molecule has 3 heteroatoms. The Hall–Kier alpha value is -1.12. The summed E-state index contributed by atoms with van der Waals surface area (Å²) in [5, 5.41) is 8.58. The van der Waals surface area contributed by atoms with E-state index in [0.29, 0.717) is 0 Å². The minimum atomic E-state index is -0.691. The Bertz CT molecular complexity index is 329. The van der Waals surface area contributed by atoms with Gasteiger partial charge in [0.05, 0.1) is 6.54 Å². The molecular weight excluding hydrogens is 190 g/mol. The maximum Gasteiger partial charge on any atom is 0.303 e. The highest BCUT2D eigenvalue weighted by atomic mass is 16.4. The number of hydrogen-bond donors (Lipinski definition) is 1. The summed E-state index contributed by atoms with van der Waals surface area (Å²) in [5.74, 6) is -0.691. The van der Waals surface area contributed by atoms with Gasteiger partial charge < -0.3 is 5.11 Å². The number of nitrogens with zero attached hydrogens (tertiary/aromatic N) is 1. The number of hydrogen-bond acceptors (Lipinski definition) is 2. The number of aliphatic imine (C=N–C) groups is 1. The first-order valence-corrected chi connectivity index (χ1v) is 5.74. The molecule has 1 heterocycles. The number of allylic oxidation sites excluding steroid dienone is 1. The van der Waals surface area contributed by atoms with E-state index < -0.39 is 5.97 Å². The topological polar surface area (TPSA) is 49.7 Å². The molecule has 0 atom stereocenters. The second-order valence-corrected chi connectivity index (χ2v) is 4.30. The van der Waals surface area contributed by atoms with Crippen LogP contribution in [0.3, 0.4) is 0 Å². The first kappa shape index (κ1) is 10.4. The molecule has 0 aromatic heterocycles. The SMILES string of the molecule is O=C(O)CCCC1=C2CCCCC2=NC1. The third kappa shape index (κ3) is 2.46. The van der Waals surface area contributed by atoms with Gasteiger partial charge in [-0.25, -0.2) is 0 Å². The zero-order valence-electron chi connectivity index (χ0n) is 8.96. The minimum absolute atomic E-state index is 0.284. The van der Waals surface area contributed by atoms with Crippen LogP contribution in [0.5, 0.6) is 0 Å². The summed E-state index contributed by atoms with van der Waals surface area (Å²) in [5.41, 5.74) is 4.18. The van der Waals surface area contributed by atoms with Crippen molar-refractivity contribution in [2.75, 3.05) is 6.54 Å². The Morgan fingerprint density at radius 3 is 2.93 bits per heavy atom. The molecule has 15 heavy (non-hydrogen) atoms. The minimum Gasteiger partial charge on any atom is -0.481 e. The molecule has 3 nitrogen and oxygen atoms in total. The van der Waals surface area contributed by atoms with Crippen molar-refractivity contribution in [2.45, 2.75) is 44.9 Å². The van der Waals surface area contributed by atoms with Gasteiger partial charge in [0.2, 0.25) is 0 Å². The largest absolute Gasteiger partial charge is 0.481 e. The highest BCUT2D eigenvalue weighted by Crippen LogP contribution is 2.30. The quantitative estimate of drug-likeness (QED) is 0.770. The first-order chi connectivity index (χ1) is 7.27. The first-order valence-electron chi connectivity index (χ1n) is 5.74. The average Bonchev–Trinajstić information content (AvgIpc) is 2.62. The van der Waals surface area contributed by atoms with Gasteiger partial charge in [-0.05, 0) is 49.7 Å². The molecule has 0 saturated heterocycles. The summed E-state index contributed by atoms with van der Waals surface area (Å²) in [6, 6.07) is 0. The molecule has 0 unspecified atom stereocenters. The second-order valence-electron chi connectivity index (χ2n) is 4.30. The lowest BCUT2D eigenvalue weighted by molar-refractivity contribution is -0.137. The fourth-order valence-electron chi connectivity index (χ4n) is 2.41. The number of aliphatic carboxylic acids is 1. The molecule has 82 valence electrons. The zero-order chi connectivity index (χ0) is 10.7. The molecule has 1 N–H and O–H groups in total. The van der Waals surface area contributed by atoms with Crippen molar-refractivity contribution in [3.63, 3.8) is 0 Å². The van der Waals surface area contributed by atoms with Crippen LogP contribution in [0.15, 0.2) is 16.1 Å². The maximum absolute atomic E-state index is 10.4. The van der Waals surface area contributed by atoms with Crippen molar-refractivity contribution in [1.29, 1.82) is 0 Å². The van der Waals surface area contributed by atoms with E-state index in [-0.39, 0.29) is 6.42 Å². The van der Waals surface area contributed by atoms with E-state index in [1.165, 1.54) is 36.1 Å². The predicted molar refractivity (Wildman–Crippen MR) is 59.3 cm³/mol. The molecule has 1 saturated carbocycles. The lowest BCUT2D eigenvalue weighted by atomic mass is 9.89. The number of carbonyl (C=O) groups is 1. The van der Waals surface area contributed by atoms with Gasteiger partial charge in [0.25, 0.3) is 0 Å². The van der Waals surface area contributed by atoms with Crippen LogP contribution in [-0.2, 0) is 4.79 Å². The van der Waals surface area contributed by atoms with Gasteiger partial charge in [0.15, 0.2) is 0 Å². The fraction of sp³-hybridized carbons (Fsp3) is 0.667. The zero-order valence-corrected chi connectivity index (χ0v) is 8.96. The molecule has 1 aliphatic heterocycles. The van der Waals surface area contributed by atoms with Crippen LogP contribution in [0.4, 0.5) is 0 Å². The molecule has 0 radical (unpaired) electrons. The van der Waals surface area contributed by atoms with E-state index in [1.807, 2.05) is 0 Å². The molecule has 2 aliphatic rings. The Labute approximate surface area is 89.9 Å². The second kappa shape index (κ2) is 4.60. The van der Waals surface area contributed by atoms with Crippen LogP contribution in [0, 0.1) is 0 Å². The predicted octanol–water partition coefficient (Wildman–Crippen LogP) is 2.57. The monoisotopic (exact) mass is 207 g/mol. The molecule has 0 amide bonds. The van der Waals surface area contributed by atoms with E-state index >= 15 is 0 Å². The van der Waals surface area contributed by atoms with Gasteiger partial charge in [0, 0.05) is 12.1 Å². The van der Waals surface area contributed by atoms with Crippen molar-refractivity contribution in [2.24, 2.45) is 4.99 Å². The van der Waals surface area contributed by atoms with Crippen molar-refractivity contribution in [3.05, 3.63) is 11.1 Å². The van der Waals surface area contributed by atoms with E-state index in [9.17, 15) is 4.79 Å². The van der Waals surface area contributed by atoms with Gasteiger partial charge in [-0.3, -0.25) is 9.79 Å². The summed E-state index contributed by atoms with van der Waals surface area (Å²) in [6.45, 7) is 0.838. The average molecular weight is 207 g/mol. The Morgan fingerprint density at radius 2 is 2.13 bits per heavy atom. The van der Waals surface area contributed by atoms with E-state index in [1.54, 1.807) is 0 Å². The normalized spacial score (nSPS) is 20.1. The summed E-state index contributed by atoms with van der Waals surface area (Å²) in [6.07, 6.45) is 6.82. The number of rotatable bonds is 4. The third-order valence-electron chi connectivity index (χ3n) is 3.20. The van der Waals surface area contributed by atoms with E-state index in [2.05, 4.69) is 4.99 Å². The Kier molecular flexibility index (Phi) is 3.19. The molecule has 2 rings (SSSR count). The lowest BCUT2D eigenvalue weighted by Crippen LogP contribution is -2.07. The molecule has 1 aliphatic carbocycles. The van der Waals surface area contributed by atoms with Gasteiger partial charge in [-0.15, -0.1) is 0 Å². The van der Waals surface area contributed by atoms with Gasteiger partial charge in [-0.2, -0.15) is 0 Å². The lowest BCUT2D eigenvalue weighted by Gasteiger charge is -2.14. The summed E-state index contributed by atoms with van der Waals surface area (Å²) in [7, 11) is 0. The number of carboxylic acids is 1. The summed E-state index contributed by atoms with van der Waals surface area (Å²) >= 11 is 0. The van der Waals surface area contributed by atoms with E-state index in [0.717, 1.165) is 25.8 Å².